The molecular weight excluding hydrogens is 634 g/mol. The van der Waals surface area contributed by atoms with Crippen LogP contribution in [-0.4, -0.2) is 49.4 Å². The van der Waals surface area contributed by atoms with Crippen molar-refractivity contribution < 1.29 is 33.3 Å². The molecule has 1 unspecified atom stereocenters. The van der Waals surface area contributed by atoms with Gasteiger partial charge in [-0.25, -0.2) is 9.59 Å². The minimum absolute atomic E-state index is 0.490. The smallest absolute Gasteiger partial charge is 0.412 e. The van der Waals surface area contributed by atoms with E-state index in [-0.39, 0.29) is 0 Å². The molecule has 2 atom stereocenters. The molecule has 270 valence electrons. The van der Waals surface area contributed by atoms with E-state index >= 15 is 0 Å². The molecule has 2 aliphatic heterocycles. The van der Waals surface area contributed by atoms with Gasteiger partial charge in [-0.2, -0.15) is 0 Å². The molecule has 1 saturated heterocycles. The third-order valence-corrected chi connectivity index (χ3v) is 8.55. The lowest BCUT2D eigenvalue weighted by Crippen LogP contribution is -2.41. The third kappa shape index (κ3) is 8.29. The maximum absolute atomic E-state index is 12.9. The molecule has 0 saturated carbocycles. The summed E-state index contributed by atoms with van der Waals surface area (Å²) in [5.74, 6) is 1.41. The van der Waals surface area contributed by atoms with Crippen LogP contribution in [0.25, 0.3) is 0 Å². The molecule has 2 amide bonds. The van der Waals surface area contributed by atoms with E-state index in [0.29, 0.717) is 43.4 Å². The molecule has 3 aromatic rings. The number of fused-ring (bicyclic) bond motifs is 3. The predicted molar refractivity (Wildman–Crippen MR) is 197 cm³/mol. The van der Waals surface area contributed by atoms with E-state index in [9.17, 15) is 9.59 Å². The maximum Gasteiger partial charge on any atom is 0.412 e. The zero-order valence-corrected chi connectivity index (χ0v) is 30.8. The van der Waals surface area contributed by atoms with Crippen LogP contribution >= 0.6 is 0 Å². The van der Waals surface area contributed by atoms with Crippen molar-refractivity contribution in [3.05, 3.63) is 71.8 Å². The van der Waals surface area contributed by atoms with Crippen LogP contribution in [0.4, 0.5) is 32.3 Å². The Morgan fingerprint density at radius 1 is 0.760 bits per heavy atom. The van der Waals surface area contributed by atoms with Crippen LogP contribution in [0.1, 0.15) is 98.6 Å². The van der Waals surface area contributed by atoms with Gasteiger partial charge in [-0.15, -0.1) is 0 Å². The number of rotatable bonds is 12. The summed E-state index contributed by atoms with van der Waals surface area (Å²) < 4.78 is 30.7. The minimum Gasteiger partial charge on any atom is -0.493 e. The van der Waals surface area contributed by atoms with Crippen LogP contribution in [0.5, 0.6) is 11.5 Å². The van der Waals surface area contributed by atoms with E-state index in [4.69, 9.17) is 23.7 Å². The molecule has 2 heterocycles. The van der Waals surface area contributed by atoms with Crippen molar-refractivity contribution in [2.75, 3.05) is 35.4 Å². The van der Waals surface area contributed by atoms with Crippen LogP contribution in [0.3, 0.4) is 0 Å². The van der Waals surface area contributed by atoms with Crippen LogP contribution in [0.15, 0.2) is 60.7 Å². The molecule has 3 aromatic carbocycles. The van der Waals surface area contributed by atoms with E-state index < -0.39 is 35.0 Å². The summed E-state index contributed by atoms with van der Waals surface area (Å²) in [5.41, 5.74) is 2.90. The van der Waals surface area contributed by atoms with E-state index in [2.05, 4.69) is 41.5 Å². The molecule has 50 heavy (non-hydrogen) atoms. The number of nitrogens with one attached hydrogen (secondary N) is 2. The SMILES string of the molecule is CCCCOc1ccc(NC(=O)OC(C)(C)C)cc1N1c2ccccc2[C@@]2(c3cc(NC(=O)OC(C)(C)C)ccc3OCCCC)CCOC12. The van der Waals surface area contributed by atoms with Crippen molar-refractivity contribution in [2.24, 2.45) is 0 Å². The average Bonchev–Trinajstić information content (AvgIpc) is 3.57. The Kier molecular flexibility index (Phi) is 11.2. The van der Waals surface area contributed by atoms with Gasteiger partial charge in [0.2, 0.25) is 0 Å². The molecule has 2 aliphatic rings. The van der Waals surface area contributed by atoms with Gasteiger partial charge in [-0.3, -0.25) is 10.6 Å². The summed E-state index contributed by atoms with van der Waals surface area (Å²) in [4.78, 5) is 27.9. The maximum atomic E-state index is 12.9. The lowest BCUT2D eigenvalue weighted by molar-refractivity contribution is 0.0624. The van der Waals surface area contributed by atoms with Crippen LogP contribution in [0, 0.1) is 0 Å². The fourth-order valence-electron chi connectivity index (χ4n) is 6.50. The standard InChI is InChI=1S/C40H53N3O7/c1-9-11-22-46-33-19-17-27(41-36(44)49-38(3,4)5)25-30(33)40-21-24-48-35(40)43(31-16-14-13-15-29(31)40)32-26-28(42-37(45)50-39(6,7)8)18-20-34(32)47-23-12-10-2/h13-20,25-26,35H,9-12,21-24H2,1-8H3,(H,41,44)(H,42,45)/t35?,40-/m1/s1. The third-order valence-electron chi connectivity index (χ3n) is 8.55. The molecule has 0 bridgehead atoms. The van der Waals surface area contributed by atoms with Crippen molar-refractivity contribution >= 4 is 34.9 Å². The Morgan fingerprint density at radius 3 is 1.92 bits per heavy atom. The van der Waals surface area contributed by atoms with Gasteiger partial charge in [0.1, 0.15) is 28.9 Å². The number of ether oxygens (including phenoxy) is 5. The van der Waals surface area contributed by atoms with Gasteiger partial charge in [0, 0.05) is 22.6 Å². The van der Waals surface area contributed by atoms with Crippen molar-refractivity contribution in [3.63, 3.8) is 0 Å². The lowest BCUT2D eigenvalue weighted by atomic mass is 9.73. The highest BCUT2D eigenvalue weighted by molar-refractivity contribution is 5.89. The van der Waals surface area contributed by atoms with Gasteiger partial charge >= 0.3 is 12.2 Å². The zero-order valence-electron chi connectivity index (χ0n) is 30.8. The van der Waals surface area contributed by atoms with Gasteiger partial charge in [-0.05, 0) is 109 Å². The summed E-state index contributed by atoms with van der Waals surface area (Å²) in [5, 5.41) is 5.84. The summed E-state index contributed by atoms with van der Waals surface area (Å²) in [6.45, 7) is 16.9. The molecule has 0 aromatic heterocycles. The average molecular weight is 688 g/mol. The van der Waals surface area contributed by atoms with Crippen molar-refractivity contribution in [3.8, 4) is 11.5 Å². The van der Waals surface area contributed by atoms with Gasteiger partial charge in [-0.1, -0.05) is 44.9 Å². The Bertz CT molecular complexity index is 1660. The first kappa shape index (κ1) is 36.8. The second-order valence-electron chi connectivity index (χ2n) is 14.9. The quantitative estimate of drug-likeness (QED) is 0.181. The van der Waals surface area contributed by atoms with E-state index in [0.717, 1.165) is 53.9 Å². The number of carbonyl (C=O) groups is 2. The molecule has 2 N–H and O–H groups in total. The minimum atomic E-state index is -0.668. The van der Waals surface area contributed by atoms with Crippen molar-refractivity contribution in [2.45, 2.75) is 110 Å². The molecule has 10 nitrogen and oxygen atoms in total. The van der Waals surface area contributed by atoms with Gasteiger partial charge in [0.05, 0.1) is 30.9 Å². The largest absolute Gasteiger partial charge is 0.493 e. The van der Waals surface area contributed by atoms with Gasteiger partial charge in [0.15, 0.2) is 0 Å². The van der Waals surface area contributed by atoms with E-state index in [1.54, 1.807) is 0 Å². The summed E-state index contributed by atoms with van der Waals surface area (Å²) in [6, 6.07) is 19.7. The first-order valence-corrected chi connectivity index (χ1v) is 17.8. The predicted octanol–water partition coefficient (Wildman–Crippen LogP) is 9.92. The molecule has 0 aliphatic carbocycles. The molecule has 1 fully saturated rings. The van der Waals surface area contributed by atoms with Crippen molar-refractivity contribution in [1.82, 2.24) is 0 Å². The molecule has 0 radical (unpaired) electrons. The zero-order chi connectivity index (χ0) is 36.1. The van der Waals surface area contributed by atoms with Crippen LogP contribution in [-0.2, 0) is 19.6 Å². The van der Waals surface area contributed by atoms with Crippen molar-refractivity contribution in [1.29, 1.82) is 0 Å². The molecule has 0 spiro atoms. The normalized spacial score (nSPS) is 18.2. The number of amides is 2. The number of benzene rings is 3. The monoisotopic (exact) mass is 687 g/mol. The molecule has 10 heteroatoms. The number of nitrogens with zero attached hydrogens (tertiary/aromatic N) is 1. The number of hydrogen-bond donors (Lipinski definition) is 2. The highest BCUT2D eigenvalue weighted by atomic mass is 16.6. The Balaban J connectivity index is 1.63. The summed E-state index contributed by atoms with van der Waals surface area (Å²) >= 11 is 0. The second-order valence-corrected chi connectivity index (χ2v) is 14.9. The Morgan fingerprint density at radius 2 is 1.32 bits per heavy atom. The highest BCUT2D eigenvalue weighted by Crippen LogP contribution is 2.60. The first-order chi connectivity index (χ1) is 23.8. The van der Waals surface area contributed by atoms with Crippen LogP contribution in [0.2, 0.25) is 0 Å². The fourth-order valence-corrected chi connectivity index (χ4v) is 6.50. The number of carbonyl (C=O) groups excluding carboxylic acids is 2. The lowest BCUT2D eigenvalue weighted by Gasteiger charge is -2.35. The first-order valence-electron chi connectivity index (χ1n) is 17.8. The Hall–Kier alpha value is -4.44. The Labute approximate surface area is 296 Å². The second kappa shape index (κ2) is 15.2. The highest BCUT2D eigenvalue weighted by Gasteiger charge is 2.58. The van der Waals surface area contributed by atoms with Gasteiger partial charge in [0.25, 0.3) is 0 Å². The number of hydrogen-bond acceptors (Lipinski definition) is 8. The molecular formula is C40H53N3O7. The number of anilines is 4. The van der Waals surface area contributed by atoms with Gasteiger partial charge < -0.3 is 28.6 Å². The topological polar surface area (TPSA) is 108 Å². The summed E-state index contributed by atoms with van der Waals surface area (Å²) in [7, 11) is 0. The number of unbranched alkanes of at least 4 members (excludes halogenated alkanes) is 2. The summed E-state index contributed by atoms with van der Waals surface area (Å²) in [6.07, 6.45) is 2.90. The van der Waals surface area contributed by atoms with E-state index in [1.165, 1.54) is 0 Å². The fraction of sp³-hybridized carbons (Fsp3) is 0.500. The van der Waals surface area contributed by atoms with E-state index in [1.807, 2.05) is 90.1 Å². The molecule has 5 rings (SSSR count). The number of para-hydroxylation sites is 1. The van der Waals surface area contributed by atoms with Crippen LogP contribution < -0.4 is 25.0 Å².